The summed E-state index contributed by atoms with van der Waals surface area (Å²) in [4.78, 5) is 21.6. The van der Waals surface area contributed by atoms with Gasteiger partial charge < -0.3 is 4.74 Å². The van der Waals surface area contributed by atoms with Crippen LogP contribution in [-0.2, 0) is 17.6 Å². The summed E-state index contributed by atoms with van der Waals surface area (Å²) < 4.78 is 4.98. The number of Topliss-reactive ketones (excluding diaryl/α,β-unsaturated/α-hetero) is 1. The van der Waals surface area contributed by atoms with Crippen molar-refractivity contribution < 1.29 is 9.53 Å². The van der Waals surface area contributed by atoms with Crippen molar-refractivity contribution in [3.05, 3.63) is 39.5 Å². The number of carbonyl (C=O) groups is 1. The van der Waals surface area contributed by atoms with Gasteiger partial charge in [-0.15, -0.1) is 11.3 Å². The van der Waals surface area contributed by atoms with Gasteiger partial charge in [0.1, 0.15) is 10.8 Å². The van der Waals surface area contributed by atoms with Crippen molar-refractivity contribution in [1.29, 1.82) is 0 Å². The molecule has 0 aliphatic carbocycles. The number of rotatable bonds is 5. The molecule has 0 fully saturated rings. The smallest absolute Gasteiger partial charge is 0.212 e. The van der Waals surface area contributed by atoms with Crippen LogP contribution in [0.1, 0.15) is 21.1 Å². The van der Waals surface area contributed by atoms with Crippen molar-refractivity contribution >= 4 is 17.1 Å². The van der Waals surface area contributed by atoms with E-state index in [0.29, 0.717) is 18.7 Å². The lowest BCUT2D eigenvalue weighted by molar-refractivity contribution is -0.117. The molecule has 0 bridgehead atoms. The van der Waals surface area contributed by atoms with Gasteiger partial charge in [0.05, 0.1) is 19.2 Å². The zero-order valence-electron chi connectivity index (χ0n) is 11.3. The van der Waals surface area contributed by atoms with Gasteiger partial charge in [-0.25, -0.2) is 9.97 Å². The van der Waals surface area contributed by atoms with E-state index in [0.717, 1.165) is 16.3 Å². The summed E-state index contributed by atoms with van der Waals surface area (Å²) in [5.74, 6) is 0.711. The Morgan fingerprint density at radius 1 is 1.32 bits per heavy atom. The second kappa shape index (κ2) is 5.93. The van der Waals surface area contributed by atoms with Crippen LogP contribution >= 0.6 is 11.3 Å². The molecule has 2 heterocycles. The van der Waals surface area contributed by atoms with Crippen molar-refractivity contribution in [1.82, 2.24) is 9.97 Å². The van der Waals surface area contributed by atoms with Crippen LogP contribution in [0.3, 0.4) is 0 Å². The van der Waals surface area contributed by atoms with Gasteiger partial charge in [0, 0.05) is 23.6 Å². The first-order chi connectivity index (χ1) is 9.08. The standard InChI is InChI=1S/C14H16N2O2S/c1-9-10(2)19-14(16-9)7-12(17)6-11-4-5-13(18-3)15-8-11/h4-5,8H,6-7H2,1-3H3. The van der Waals surface area contributed by atoms with Crippen LogP contribution in [0.2, 0.25) is 0 Å². The fourth-order valence-electron chi connectivity index (χ4n) is 1.71. The third-order valence-electron chi connectivity index (χ3n) is 2.83. The van der Waals surface area contributed by atoms with Crippen molar-refractivity contribution in [3.8, 4) is 5.88 Å². The van der Waals surface area contributed by atoms with E-state index in [1.807, 2.05) is 19.9 Å². The summed E-state index contributed by atoms with van der Waals surface area (Å²) >= 11 is 1.59. The molecule has 0 N–H and O–H groups in total. The Morgan fingerprint density at radius 2 is 2.11 bits per heavy atom. The minimum Gasteiger partial charge on any atom is -0.481 e. The molecule has 0 amide bonds. The molecule has 0 spiro atoms. The summed E-state index contributed by atoms with van der Waals surface area (Å²) in [6.07, 6.45) is 2.45. The molecule has 19 heavy (non-hydrogen) atoms. The molecule has 0 aliphatic rings. The fourth-order valence-corrected chi connectivity index (χ4v) is 2.67. The summed E-state index contributed by atoms with van der Waals surface area (Å²) in [5, 5.41) is 0.890. The number of carbonyl (C=O) groups excluding carboxylic acids is 1. The molecule has 100 valence electrons. The Balaban J connectivity index is 1.96. The molecule has 0 atom stereocenters. The van der Waals surface area contributed by atoms with Crippen LogP contribution in [0.25, 0.3) is 0 Å². The van der Waals surface area contributed by atoms with Gasteiger partial charge in [0.15, 0.2) is 0 Å². The Hall–Kier alpha value is -1.75. The maximum atomic E-state index is 12.0. The summed E-state index contributed by atoms with van der Waals surface area (Å²) in [7, 11) is 1.57. The first-order valence-electron chi connectivity index (χ1n) is 6.02. The molecule has 2 aromatic heterocycles. The predicted molar refractivity (Wildman–Crippen MR) is 74.8 cm³/mol. The monoisotopic (exact) mass is 276 g/mol. The molecule has 4 nitrogen and oxygen atoms in total. The van der Waals surface area contributed by atoms with Gasteiger partial charge in [0.2, 0.25) is 5.88 Å². The van der Waals surface area contributed by atoms with E-state index in [1.54, 1.807) is 30.7 Å². The maximum Gasteiger partial charge on any atom is 0.212 e. The van der Waals surface area contributed by atoms with Gasteiger partial charge >= 0.3 is 0 Å². The molecule has 2 rings (SSSR count). The third-order valence-corrected chi connectivity index (χ3v) is 3.90. The minimum atomic E-state index is 0.153. The lowest BCUT2D eigenvalue weighted by Crippen LogP contribution is -2.06. The topological polar surface area (TPSA) is 52.1 Å². The highest BCUT2D eigenvalue weighted by molar-refractivity contribution is 7.11. The Kier molecular flexibility index (Phi) is 4.27. The SMILES string of the molecule is COc1ccc(CC(=O)Cc2nc(C)c(C)s2)cn1. The van der Waals surface area contributed by atoms with E-state index in [4.69, 9.17) is 4.74 Å². The van der Waals surface area contributed by atoms with E-state index in [9.17, 15) is 4.79 Å². The van der Waals surface area contributed by atoms with Crippen LogP contribution < -0.4 is 4.74 Å². The number of methoxy groups -OCH3 is 1. The number of aromatic nitrogens is 2. The van der Waals surface area contributed by atoms with Crippen LogP contribution in [0.4, 0.5) is 0 Å². The Labute approximate surface area is 116 Å². The van der Waals surface area contributed by atoms with E-state index in [-0.39, 0.29) is 5.78 Å². The number of ether oxygens (including phenoxy) is 1. The average Bonchev–Trinajstić information content (AvgIpc) is 2.69. The first kappa shape index (κ1) is 13.7. The Morgan fingerprint density at radius 3 is 2.63 bits per heavy atom. The number of nitrogens with zero attached hydrogens (tertiary/aromatic N) is 2. The molecule has 0 unspecified atom stereocenters. The lowest BCUT2D eigenvalue weighted by Gasteiger charge is -2.01. The highest BCUT2D eigenvalue weighted by Crippen LogP contribution is 2.17. The van der Waals surface area contributed by atoms with Crippen molar-refractivity contribution in [2.24, 2.45) is 0 Å². The van der Waals surface area contributed by atoms with Crippen molar-refractivity contribution in [2.45, 2.75) is 26.7 Å². The van der Waals surface area contributed by atoms with Gasteiger partial charge in [-0.2, -0.15) is 0 Å². The van der Waals surface area contributed by atoms with Gasteiger partial charge in [0.25, 0.3) is 0 Å². The highest BCUT2D eigenvalue weighted by atomic mass is 32.1. The molecular formula is C14H16N2O2S. The zero-order valence-corrected chi connectivity index (χ0v) is 12.1. The van der Waals surface area contributed by atoms with Crippen LogP contribution in [0.5, 0.6) is 5.88 Å². The summed E-state index contributed by atoms with van der Waals surface area (Å²) in [6.45, 7) is 3.99. The fraction of sp³-hybridized carbons (Fsp3) is 0.357. The quantitative estimate of drug-likeness (QED) is 0.842. The molecule has 0 saturated heterocycles. The largest absolute Gasteiger partial charge is 0.481 e. The third kappa shape index (κ3) is 3.61. The van der Waals surface area contributed by atoms with E-state index >= 15 is 0 Å². The predicted octanol–water partition coefficient (Wildman–Crippen LogP) is 2.52. The molecule has 5 heteroatoms. The normalized spacial score (nSPS) is 10.5. The van der Waals surface area contributed by atoms with E-state index < -0.39 is 0 Å². The number of thiazole rings is 1. The minimum absolute atomic E-state index is 0.153. The summed E-state index contributed by atoms with van der Waals surface area (Å²) in [6, 6.07) is 3.63. The first-order valence-corrected chi connectivity index (χ1v) is 6.83. The van der Waals surface area contributed by atoms with Crippen molar-refractivity contribution in [2.75, 3.05) is 7.11 Å². The molecule has 0 saturated carbocycles. The second-order valence-electron chi connectivity index (χ2n) is 4.35. The van der Waals surface area contributed by atoms with Crippen LogP contribution in [0, 0.1) is 13.8 Å². The van der Waals surface area contributed by atoms with Gasteiger partial charge in [-0.05, 0) is 19.4 Å². The van der Waals surface area contributed by atoms with Gasteiger partial charge in [-0.1, -0.05) is 6.07 Å². The molecule has 0 aromatic carbocycles. The highest BCUT2D eigenvalue weighted by Gasteiger charge is 2.10. The number of hydrogen-bond donors (Lipinski definition) is 0. The van der Waals surface area contributed by atoms with E-state index in [1.165, 1.54) is 4.88 Å². The molecular weight excluding hydrogens is 260 g/mol. The average molecular weight is 276 g/mol. The van der Waals surface area contributed by atoms with Gasteiger partial charge in [-0.3, -0.25) is 4.79 Å². The zero-order chi connectivity index (χ0) is 13.8. The maximum absolute atomic E-state index is 12.0. The summed E-state index contributed by atoms with van der Waals surface area (Å²) in [5.41, 5.74) is 1.91. The number of ketones is 1. The number of pyridine rings is 1. The number of aryl methyl sites for hydroxylation is 2. The Bertz CT molecular complexity index is 556. The molecule has 0 aliphatic heterocycles. The molecule has 0 radical (unpaired) electrons. The van der Waals surface area contributed by atoms with Crippen LogP contribution in [-0.4, -0.2) is 22.9 Å². The van der Waals surface area contributed by atoms with Crippen LogP contribution in [0.15, 0.2) is 18.3 Å². The second-order valence-corrected chi connectivity index (χ2v) is 5.64. The van der Waals surface area contributed by atoms with Crippen molar-refractivity contribution in [3.63, 3.8) is 0 Å². The number of hydrogen-bond acceptors (Lipinski definition) is 5. The van der Waals surface area contributed by atoms with E-state index in [2.05, 4.69) is 9.97 Å². The molecule has 2 aromatic rings. The lowest BCUT2D eigenvalue weighted by atomic mass is 10.1.